The van der Waals surface area contributed by atoms with E-state index in [1.165, 1.54) is 12.1 Å². The molecule has 3 nitrogen and oxygen atoms in total. The molecule has 0 aromatic carbocycles. The highest BCUT2D eigenvalue weighted by molar-refractivity contribution is 5.59. The van der Waals surface area contributed by atoms with E-state index in [2.05, 4.69) is 9.97 Å². The van der Waals surface area contributed by atoms with E-state index in [9.17, 15) is 4.39 Å². The third-order valence-electron chi connectivity index (χ3n) is 2.12. The van der Waals surface area contributed by atoms with E-state index in [-0.39, 0.29) is 12.1 Å². The molecular weight excluding hydrogens is 205 g/mol. The zero-order valence-electron chi connectivity index (χ0n) is 8.39. The van der Waals surface area contributed by atoms with Crippen LogP contribution in [0.4, 0.5) is 4.39 Å². The Bertz CT molecular complexity index is 532. The van der Waals surface area contributed by atoms with Crippen LogP contribution < -0.4 is 0 Å². The molecule has 0 amide bonds. The summed E-state index contributed by atoms with van der Waals surface area (Å²) in [6.07, 6.45) is 3.33. The van der Waals surface area contributed by atoms with Gasteiger partial charge in [-0.1, -0.05) is 0 Å². The lowest BCUT2D eigenvalue weighted by molar-refractivity contribution is 0.624. The highest BCUT2D eigenvalue weighted by Gasteiger charge is 2.07. The van der Waals surface area contributed by atoms with Gasteiger partial charge in [0, 0.05) is 18.0 Å². The molecule has 2 heterocycles. The van der Waals surface area contributed by atoms with Crippen LogP contribution in [0.15, 0.2) is 36.7 Å². The van der Waals surface area contributed by atoms with Gasteiger partial charge in [0.1, 0.15) is 11.5 Å². The van der Waals surface area contributed by atoms with Crippen LogP contribution in [0.25, 0.3) is 11.3 Å². The monoisotopic (exact) mass is 213 g/mol. The summed E-state index contributed by atoms with van der Waals surface area (Å²) < 4.78 is 13.5. The first-order valence-electron chi connectivity index (χ1n) is 4.74. The second kappa shape index (κ2) is 4.49. The molecular formula is C12H8FN3. The molecule has 0 unspecified atom stereocenters. The van der Waals surface area contributed by atoms with Gasteiger partial charge in [0.05, 0.1) is 18.2 Å². The summed E-state index contributed by atoms with van der Waals surface area (Å²) in [5.74, 6) is -0.395. The number of nitriles is 1. The van der Waals surface area contributed by atoms with Gasteiger partial charge in [0.15, 0.2) is 0 Å². The van der Waals surface area contributed by atoms with Crippen molar-refractivity contribution >= 4 is 0 Å². The minimum Gasteiger partial charge on any atom is -0.265 e. The molecule has 0 aliphatic rings. The van der Waals surface area contributed by atoms with Crippen molar-refractivity contribution in [1.82, 2.24) is 9.97 Å². The Kier molecular flexibility index (Phi) is 2.88. The van der Waals surface area contributed by atoms with Crippen LogP contribution in [0, 0.1) is 17.1 Å². The van der Waals surface area contributed by atoms with Crippen molar-refractivity contribution in [3.8, 4) is 17.3 Å². The van der Waals surface area contributed by atoms with Crippen LogP contribution in [-0.2, 0) is 6.42 Å². The SMILES string of the molecule is N#CCc1ccc(F)c(-c2ccncc2)n1. The summed E-state index contributed by atoms with van der Waals surface area (Å²) in [4.78, 5) is 7.96. The van der Waals surface area contributed by atoms with E-state index in [1.54, 1.807) is 24.5 Å². The van der Waals surface area contributed by atoms with Crippen LogP contribution in [0.3, 0.4) is 0 Å². The number of hydrogen-bond acceptors (Lipinski definition) is 3. The first kappa shape index (κ1) is 10.2. The number of aromatic nitrogens is 2. The van der Waals surface area contributed by atoms with Crippen molar-refractivity contribution < 1.29 is 4.39 Å². The topological polar surface area (TPSA) is 49.6 Å². The summed E-state index contributed by atoms with van der Waals surface area (Å²) in [5.41, 5.74) is 1.48. The van der Waals surface area contributed by atoms with Gasteiger partial charge >= 0.3 is 0 Å². The summed E-state index contributed by atoms with van der Waals surface area (Å²) in [6, 6.07) is 8.19. The summed E-state index contributed by atoms with van der Waals surface area (Å²) in [6.45, 7) is 0. The van der Waals surface area contributed by atoms with Gasteiger partial charge in [0.2, 0.25) is 0 Å². The lowest BCUT2D eigenvalue weighted by Gasteiger charge is -2.03. The lowest BCUT2D eigenvalue weighted by atomic mass is 10.1. The predicted molar refractivity (Wildman–Crippen MR) is 56.7 cm³/mol. The van der Waals surface area contributed by atoms with Gasteiger partial charge in [0.25, 0.3) is 0 Å². The van der Waals surface area contributed by atoms with Crippen LogP contribution in [0.1, 0.15) is 5.69 Å². The highest BCUT2D eigenvalue weighted by Crippen LogP contribution is 2.19. The van der Waals surface area contributed by atoms with E-state index in [4.69, 9.17) is 5.26 Å². The predicted octanol–water partition coefficient (Wildman–Crippen LogP) is 2.35. The Morgan fingerprint density at radius 1 is 1.19 bits per heavy atom. The van der Waals surface area contributed by atoms with E-state index in [0.717, 1.165) is 0 Å². The largest absolute Gasteiger partial charge is 0.265 e. The number of pyridine rings is 2. The average molecular weight is 213 g/mol. The normalized spacial score (nSPS) is 9.75. The van der Waals surface area contributed by atoms with Crippen molar-refractivity contribution in [3.63, 3.8) is 0 Å². The average Bonchev–Trinajstić information content (AvgIpc) is 2.33. The third-order valence-corrected chi connectivity index (χ3v) is 2.12. The molecule has 0 aliphatic heterocycles. The Labute approximate surface area is 92.2 Å². The molecule has 0 saturated heterocycles. The summed E-state index contributed by atoms with van der Waals surface area (Å²) in [5, 5.41) is 8.56. The van der Waals surface area contributed by atoms with Crippen molar-refractivity contribution in [2.24, 2.45) is 0 Å². The van der Waals surface area contributed by atoms with Gasteiger partial charge in [-0.15, -0.1) is 0 Å². The van der Waals surface area contributed by atoms with Crippen molar-refractivity contribution in [3.05, 3.63) is 48.2 Å². The molecule has 0 aliphatic carbocycles. The molecule has 2 rings (SSSR count). The van der Waals surface area contributed by atoms with Crippen LogP contribution >= 0.6 is 0 Å². The molecule has 4 heteroatoms. The van der Waals surface area contributed by atoms with Crippen molar-refractivity contribution in [1.29, 1.82) is 5.26 Å². The van der Waals surface area contributed by atoms with Crippen molar-refractivity contribution in [2.45, 2.75) is 6.42 Å². The fraction of sp³-hybridized carbons (Fsp3) is 0.0833. The minimum absolute atomic E-state index is 0.179. The zero-order chi connectivity index (χ0) is 11.4. The van der Waals surface area contributed by atoms with Crippen LogP contribution in [0.5, 0.6) is 0 Å². The molecule has 2 aromatic heterocycles. The molecule has 0 atom stereocenters. The minimum atomic E-state index is -0.395. The highest BCUT2D eigenvalue weighted by atomic mass is 19.1. The van der Waals surface area contributed by atoms with Crippen molar-refractivity contribution in [2.75, 3.05) is 0 Å². The molecule has 0 bridgehead atoms. The fourth-order valence-electron chi connectivity index (χ4n) is 1.37. The zero-order valence-corrected chi connectivity index (χ0v) is 8.39. The second-order valence-corrected chi connectivity index (χ2v) is 3.20. The Morgan fingerprint density at radius 3 is 2.62 bits per heavy atom. The molecule has 0 radical (unpaired) electrons. The van der Waals surface area contributed by atoms with E-state index < -0.39 is 5.82 Å². The molecule has 16 heavy (non-hydrogen) atoms. The lowest BCUT2D eigenvalue weighted by Crippen LogP contribution is -1.94. The van der Waals surface area contributed by atoms with Gasteiger partial charge in [-0.2, -0.15) is 5.26 Å². The van der Waals surface area contributed by atoms with Crippen LogP contribution in [-0.4, -0.2) is 9.97 Å². The Hall–Kier alpha value is -2.28. The molecule has 2 aromatic rings. The van der Waals surface area contributed by atoms with Gasteiger partial charge in [-0.05, 0) is 24.3 Å². The first-order valence-corrected chi connectivity index (χ1v) is 4.74. The smallest absolute Gasteiger partial charge is 0.149 e. The van der Waals surface area contributed by atoms with Gasteiger partial charge in [-0.3, -0.25) is 4.98 Å². The quantitative estimate of drug-likeness (QED) is 0.769. The van der Waals surface area contributed by atoms with E-state index in [1.807, 2.05) is 6.07 Å². The Balaban J connectivity index is 2.48. The second-order valence-electron chi connectivity index (χ2n) is 3.20. The fourth-order valence-corrected chi connectivity index (χ4v) is 1.37. The molecule has 0 N–H and O–H groups in total. The molecule has 0 fully saturated rings. The van der Waals surface area contributed by atoms with E-state index in [0.29, 0.717) is 11.3 Å². The number of nitrogens with zero attached hydrogens (tertiary/aromatic N) is 3. The number of rotatable bonds is 2. The summed E-state index contributed by atoms with van der Waals surface area (Å²) >= 11 is 0. The first-order chi connectivity index (χ1) is 7.81. The van der Waals surface area contributed by atoms with Gasteiger partial charge in [-0.25, -0.2) is 9.37 Å². The molecule has 78 valence electrons. The Morgan fingerprint density at radius 2 is 1.94 bits per heavy atom. The number of hydrogen-bond donors (Lipinski definition) is 0. The maximum absolute atomic E-state index is 13.5. The maximum Gasteiger partial charge on any atom is 0.149 e. The maximum atomic E-state index is 13.5. The summed E-state index contributed by atoms with van der Waals surface area (Å²) in [7, 11) is 0. The molecule has 0 saturated carbocycles. The van der Waals surface area contributed by atoms with E-state index >= 15 is 0 Å². The molecule has 0 spiro atoms. The van der Waals surface area contributed by atoms with Crippen LogP contribution in [0.2, 0.25) is 0 Å². The standard InChI is InChI=1S/C12H8FN3/c13-11-2-1-10(3-6-14)16-12(11)9-4-7-15-8-5-9/h1-2,4-5,7-8H,3H2. The number of halogens is 1. The third kappa shape index (κ3) is 2.04. The van der Waals surface area contributed by atoms with Gasteiger partial charge < -0.3 is 0 Å².